The summed E-state index contributed by atoms with van der Waals surface area (Å²) in [4.78, 5) is 11.3. The number of rotatable bonds is 4. The lowest BCUT2D eigenvalue weighted by Gasteiger charge is -2.06. The number of nitro groups is 1. The fraction of sp³-hybridized carbons (Fsp3) is 0.0769. The highest BCUT2D eigenvalue weighted by Crippen LogP contribution is 2.33. The molecule has 0 aromatic heterocycles. The van der Waals surface area contributed by atoms with Gasteiger partial charge in [0.1, 0.15) is 5.69 Å². The summed E-state index contributed by atoms with van der Waals surface area (Å²) in [5.41, 5.74) is 6.65. The van der Waals surface area contributed by atoms with Crippen molar-refractivity contribution in [2.45, 2.75) is 10.6 Å². The van der Waals surface area contributed by atoms with Crippen molar-refractivity contribution in [3.05, 3.63) is 62.1 Å². The van der Waals surface area contributed by atoms with E-state index in [9.17, 15) is 10.1 Å². The van der Waals surface area contributed by atoms with E-state index in [4.69, 9.17) is 28.9 Å². The fourth-order valence-corrected chi connectivity index (χ4v) is 2.91. The van der Waals surface area contributed by atoms with E-state index in [-0.39, 0.29) is 11.4 Å². The molecule has 0 atom stereocenters. The molecule has 2 N–H and O–H groups in total. The van der Waals surface area contributed by atoms with Gasteiger partial charge < -0.3 is 5.73 Å². The molecule has 0 bridgehead atoms. The fourth-order valence-electron chi connectivity index (χ4n) is 1.61. The Bertz CT molecular complexity index is 665. The summed E-state index contributed by atoms with van der Waals surface area (Å²) in [5.74, 6) is 0.519. The van der Waals surface area contributed by atoms with Crippen molar-refractivity contribution in [1.82, 2.24) is 0 Å². The van der Waals surface area contributed by atoms with E-state index in [0.717, 1.165) is 10.5 Å². The van der Waals surface area contributed by atoms with Crippen molar-refractivity contribution in [2.24, 2.45) is 0 Å². The first-order chi connectivity index (χ1) is 9.49. The van der Waals surface area contributed by atoms with Gasteiger partial charge in [-0.25, -0.2) is 0 Å². The second kappa shape index (κ2) is 6.35. The molecule has 0 heterocycles. The minimum absolute atomic E-state index is 0.0720. The molecule has 0 fully saturated rings. The van der Waals surface area contributed by atoms with Gasteiger partial charge in [0.15, 0.2) is 0 Å². The molecule has 0 radical (unpaired) electrons. The van der Waals surface area contributed by atoms with Crippen LogP contribution in [0.2, 0.25) is 10.0 Å². The lowest BCUT2D eigenvalue weighted by atomic mass is 10.2. The highest BCUT2D eigenvalue weighted by Gasteiger charge is 2.14. The summed E-state index contributed by atoms with van der Waals surface area (Å²) in [6, 6.07) is 10.1. The first kappa shape index (κ1) is 15.0. The zero-order valence-electron chi connectivity index (χ0n) is 10.2. The number of halogens is 2. The molecule has 2 aromatic rings. The minimum Gasteiger partial charge on any atom is -0.393 e. The summed E-state index contributed by atoms with van der Waals surface area (Å²) in [6.45, 7) is 0. The first-order valence-electron chi connectivity index (χ1n) is 5.58. The Kier molecular flexibility index (Phi) is 4.75. The van der Waals surface area contributed by atoms with Crippen LogP contribution < -0.4 is 5.73 Å². The Labute approximate surface area is 130 Å². The Morgan fingerprint density at radius 1 is 1.20 bits per heavy atom. The molecule has 0 amide bonds. The molecule has 0 aliphatic carbocycles. The van der Waals surface area contributed by atoms with Gasteiger partial charge in [0, 0.05) is 16.7 Å². The first-order valence-corrected chi connectivity index (χ1v) is 7.33. The maximum absolute atomic E-state index is 10.8. The van der Waals surface area contributed by atoms with Crippen LogP contribution in [0.5, 0.6) is 0 Å². The molecule has 7 heteroatoms. The highest BCUT2D eigenvalue weighted by atomic mass is 35.5. The molecular weight excluding hydrogens is 319 g/mol. The Morgan fingerprint density at radius 3 is 2.60 bits per heavy atom. The van der Waals surface area contributed by atoms with E-state index in [1.54, 1.807) is 24.3 Å². The van der Waals surface area contributed by atoms with Gasteiger partial charge in [-0.3, -0.25) is 10.1 Å². The lowest BCUT2D eigenvalue weighted by molar-refractivity contribution is -0.383. The number of para-hydroxylation sites is 1. The summed E-state index contributed by atoms with van der Waals surface area (Å²) in [7, 11) is 0. The number of nitrogen functional groups attached to an aromatic ring is 1. The zero-order valence-corrected chi connectivity index (χ0v) is 12.5. The van der Waals surface area contributed by atoms with Crippen molar-refractivity contribution < 1.29 is 4.92 Å². The Hall–Kier alpha value is -1.43. The maximum Gasteiger partial charge on any atom is 0.292 e. The normalized spacial score (nSPS) is 10.5. The average molecular weight is 329 g/mol. The van der Waals surface area contributed by atoms with Crippen molar-refractivity contribution in [2.75, 3.05) is 5.73 Å². The molecule has 104 valence electrons. The highest BCUT2D eigenvalue weighted by molar-refractivity contribution is 7.98. The topological polar surface area (TPSA) is 69.2 Å². The van der Waals surface area contributed by atoms with Crippen LogP contribution in [-0.4, -0.2) is 4.92 Å². The summed E-state index contributed by atoms with van der Waals surface area (Å²) < 4.78 is 0. The molecule has 2 rings (SSSR count). The standard InChI is InChI=1S/C13H10Cl2N2O2S/c14-10-5-4-9(6-11(10)15)20-7-8-2-1-3-12(13(8)16)17(18)19/h1-6H,7,16H2. The minimum atomic E-state index is -0.483. The van der Waals surface area contributed by atoms with Gasteiger partial charge in [-0.1, -0.05) is 35.3 Å². The third-order valence-corrected chi connectivity index (χ3v) is 4.44. The number of nitro benzene ring substituents is 1. The molecule has 20 heavy (non-hydrogen) atoms. The van der Waals surface area contributed by atoms with Gasteiger partial charge in [-0.15, -0.1) is 11.8 Å². The van der Waals surface area contributed by atoms with Crippen molar-refractivity contribution >= 4 is 46.3 Å². The Morgan fingerprint density at radius 2 is 1.95 bits per heavy atom. The van der Waals surface area contributed by atoms with Crippen LogP contribution in [0.3, 0.4) is 0 Å². The predicted octanol–water partition coefficient (Wildman–Crippen LogP) is 4.78. The average Bonchev–Trinajstić information content (AvgIpc) is 2.41. The number of hydrogen-bond donors (Lipinski definition) is 1. The summed E-state index contributed by atoms with van der Waals surface area (Å²) >= 11 is 13.3. The van der Waals surface area contributed by atoms with Crippen LogP contribution >= 0.6 is 35.0 Å². The maximum atomic E-state index is 10.8. The van der Waals surface area contributed by atoms with Gasteiger partial charge in [0.2, 0.25) is 0 Å². The summed E-state index contributed by atoms with van der Waals surface area (Å²) in [5, 5.41) is 11.8. The number of hydrogen-bond acceptors (Lipinski definition) is 4. The predicted molar refractivity (Wildman–Crippen MR) is 83.5 cm³/mol. The molecule has 0 saturated heterocycles. The largest absolute Gasteiger partial charge is 0.393 e. The molecule has 0 aliphatic heterocycles. The van der Waals surface area contributed by atoms with E-state index >= 15 is 0 Å². The van der Waals surface area contributed by atoms with Gasteiger partial charge in [0.05, 0.1) is 15.0 Å². The van der Waals surface area contributed by atoms with Crippen molar-refractivity contribution in [1.29, 1.82) is 0 Å². The molecule has 2 aromatic carbocycles. The lowest BCUT2D eigenvalue weighted by Crippen LogP contribution is -1.99. The van der Waals surface area contributed by atoms with Crippen molar-refractivity contribution in [3.8, 4) is 0 Å². The van der Waals surface area contributed by atoms with Crippen LogP contribution in [0, 0.1) is 10.1 Å². The smallest absolute Gasteiger partial charge is 0.292 e. The monoisotopic (exact) mass is 328 g/mol. The van der Waals surface area contributed by atoms with Crippen LogP contribution in [0.4, 0.5) is 11.4 Å². The van der Waals surface area contributed by atoms with Gasteiger partial charge in [-0.2, -0.15) is 0 Å². The van der Waals surface area contributed by atoms with Crippen LogP contribution in [0.1, 0.15) is 5.56 Å². The van der Waals surface area contributed by atoms with E-state index < -0.39 is 4.92 Å². The van der Waals surface area contributed by atoms with E-state index in [1.165, 1.54) is 17.8 Å². The molecule has 0 spiro atoms. The zero-order chi connectivity index (χ0) is 14.7. The second-order valence-corrected chi connectivity index (χ2v) is 5.83. The Balaban J connectivity index is 2.17. The second-order valence-electron chi connectivity index (χ2n) is 3.97. The third kappa shape index (κ3) is 3.36. The van der Waals surface area contributed by atoms with E-state index in [1.807, 2.05) is 6.07 Å². The third-order valence-electron chi connectivity index (χ3n) is 2.66. The number of anilines is 1. The molecule has 0 aliphatic rings. The number of nitrogens with two attached hydrogens (primary N) is 1. The van der Waals surface area contributed by atoms with E-state index in [2.05, 4.69) is 0 Å². The summed E-state index contributed by atoms with van der Waals surface area (Å²) in [6.07, 6.45) is 0. The van der Waals surface area contributed by atoms with E-state index in [0.29, 0.717) is 15.8 Å². The number of nitrogens with zero attached hydrogens (tertiary/aromatic N) is 1. The van der Waals surface area contributed by atoms with Crippen LogP contribution in [0.25, 0.3) is 0 Å². The van der Waals surface area contributed by atoms with Crippen LogP contribution in [0.15, 0.2) is 41.3 Å². The molecule has 0 saturated carbocycles. The number of thioether (sulfide) groups is 1. The molecular formula is C13H10Cl2N2O2S. The van der Waals surface area contributed by atoms with Gasteiger partial charge in [0.25, 0.3) is 5.69 Å². The number of benzene rings is 2. The van der Waals surface area contributed by atoms with Gasteiger partial charge in [-0.05, 0) is 23.8 Å². The molecule has 4 nitrogen and oxygen atoms in total. The van der Waals surface area contributed by atoms with Crippen LogP contribution in [-0.2, 0) is 5.75 Å². The van der Waals surface area contributed by atoms with Crippen molar-refractivity contribution in [3.63, 3.8) is 0 Å². The van der Waals surface area contributed by atoms with Gasteiger partial charge >= 0.3 is 0 Å². The SMILES string of the molecule is Nc1c(CSc2ccc(Cl)c(Cl)c2)cccc1[N+](=O)[O-]. The molecule has 0 unspecified atom stereocenters. The quantitative estimate of drug-likeness (QED) is 0.379.